The number of nitrogens with one attached hydrogen (secondary N) is 2. The third-order valence-corrected chi connectivity index (χ3v) is 6.48. The fraction of sp³-hybridized carbons (Fsp3) is 0.233. The van der Waals surface area contributed by atoms with Crippen molar-refractivity contribution in [2.75, 3.05) is 18.4 Å². The van der Waals surface area contributed by atoms with Crippen molar-refractivity contribution in [1.29, 1.82) is 0 Å². The van der Waals surface area contributed by atoms with E-state index in [4.69, 9.17) is 0 Å². The summed E-state index contributed by atoms with van der Waals surface area (Å²) in [5, 5.41) is 6.58. The first-order valence-electron chi connectivity index (χ1n) is 12.5. The molecule has 6 nitrogen and oxygen atoms in total. The van der Waals surface area contributed by atoms with E-state index in [1.54, 1.807) is 0 Å². The molecule has 0 saturated carbocycles. The summed E-state index contributed by atoms with van der Waals surface area (Å²) < 4.78 is 0. The van der Waals surface area contributed by atoms with Crippen molar-refractivity contribution < 1.29 is 4.79 Å². The summed E-state index contributed by atoms with van der Waals surface area (Å²) in [6.45, 7) is 4.81. The molecule has 1 aliphatic heterocycles. The van der Waals surface area contributed by atoms with Gasteiger partial charge >= 0.3 is 0 Å². The zero-order valence-electron chi connectivity index (χ0n) is 20.5. The van der Waals surface area contributed by atoms with Crippen LogP contribution in [0, 0.1) is 6.92 Å². The summed E-state index contributed by atoms with van der Waals surface area (Å²) in [6, 6.07) is 30.3. The molecule has 0 atom stereocenters. The number of rotatable bonds is 7. The minimum atomic E-state index is -0.0380. The number of aromatic nitrogens is 2. The van der Waals surface area contributed by atoms with E-state index < -0.39 is 0 Å². The highest BCUT2D eigenvalue weighted by Crippen LogP contribution is 2.23. The monoisotopic (exact) mass is 477 g/mol. The summed E-state index contributed by atoms with van der Waals surface area (Å²) in [6.07, 6.45) is 1.91. The molecule has 0 bridgehead atoms. The Kier molecular flexibility index (Phi) is 7.33. The fourth-order valence-electron chi connectivity index (χ4n) is 4.62. The smallest absolute Gasteiger partial charge is 0.251 e. The highest BCUT2D eigenvalue weighted by Gasteiger charge is 2.21. The first kappa shape index (κ1) is 23.7. The van der Waals surface area contributed by atoms with Crippen molar-refractivity contribution in [1.82, 2.24) is 20.2 Å². The number of likely N-dealkylation sites (tertiary alicyclic amines) is 1. The van der Waals surface area contributed by atoms with E-state index in [2.05, 4.69) is 49.8 Å². The minimum Gasteiger partial charge on any atom is -0.349 e. The Labute approximate surface area is 212 Å². The van der Waals surface area contributed by atoms with E-state index in [1.165, 1.54) is 5.56 Å². The van der Waals surface area contributed by atoms with Gasteiger partial charge in [0.25, 0.3) is 5.91 Å². The van der Waals surface area contributed by atoms with Crippen LogP contribution in [0.5, 0.6) is 0 Å². The third-order valence-electron chi connectivity index (χ3n) is 6.48. The molecule has 4 aromatic rings. The molecular formula is C30H31N5O. The standard InChI is InChI=1S/C30H31N5O/c1-22-31-28(24-11-6-3-7-12-24)20-29(32-22)33-27-14-8-13-25(19-27)30(36)34-26-15-17-35(18-16-26)21-23-9-4-2-5-10-23/h2-14,19-20,26H,15-18,21H2,1H3,(H,34,36)(H,31,32,33). The van der Waals surface area contributed by atoms with Gasteiger partial charge in [0.15, 0.2) is 0 Å². The van der Waals surface area contributed by atoms with Crippen LogP contribution in [0.1, 0.15) is 34.6 Å². The molecular weight excluding hydrogens is 446 g/mol. The van der Waals surface area contributed by atoms with Crippen LogP contribution in [0.3, 0.4) is 0 Å². The molecule has 3 aromatic carbocycles. The molecule has 1 aliphatic rings. The average Bonchev–Trinajstić information content (AvgIpc) is 2.91. The van der Waals surface area contributed by atoms with E-state index in [1.807, 2.05) is 73.7 Å². The van der Waals surface area contributed by atoms with Crippen LogP contribution in [0.4, 0.5) is 11.5 Å². The summed E-state index contributed by atoms with van der Waals surface area (Å²) in [7, 11) is 0. The molecule has 2 N–H and O–H groups in total. The molecule has 0 aliphatic carbocycles. The van der Waals surface area contributed by atoms with E-state index in [0.717, 1.165) is 49.4 Å². The zero-order valence-corrected chi connectivity index (χ0v) is 20.5. The van der Waals surface area contributed by atoms with Gasteiger partial charge in [-0.3, -0.25) is 9.69 Å². The summed E-state index contributed by atoms with van der Waals surface area (Å²) in [5.41, 5.74) is 4.68. The number of carbonyl (C=O) groups excluding carboxylic acids is 1. The van der Waals surface area contributed by atoms with Crippen molar-refractivity contribution >= 4 is 17.4 Å². The van der Waals surface area contributed by atoms with Gasteiger partial charge in [0.1, 0.15) is 11.6 Å². The number of benzene rings is 3. The van der Waals surface area contributed by atoms with Crippen LogP contribution in [0.2, 0.25) is 0 Å². The maximum absolute atomic E-state index is 13.0. The van der Waals surface area contributed by atoms with Gasteiger partial charge in [-0.15, -0.1) is 0 Å². The molecule has 2 heterocycles. The molecule has 182 valence electrons. The van der Waals surface area contributed by atoms with Gasteiger partial charge in [-0.1, -0.05) is 66.7 Å². The second-order valence-corrected chi connectivity index (χ2v) is 9.27. The van der Waals surface area contributed by atoms with Crippen molar-refractivity contribution in [3.63, 3.8) is 0 Å². The number of piperidine rings is 1. The summed E-state index contributed by atoms with van der Waals surface area (Å²) in [5.74, 6) is 1.35. The molecule has 1 amide bonds. The molecule has 6 heteroatoms. The Morgan fingerprint density at radius 1 is 0.889 bits per heavy atom. The lowest BCUT2D eigenvalue weighted by molar-refractivity contribution is 0.0909. The highest BCUT2D eigenvalue weighted by atomic mass is 16.1. The van der Waals surface area contributed by atoms with E-state index >= 15 is 0 Å². The molecule has 0 unspecified atom stereocenters. The van der Waals surface area contributed by atoms with Crippen molar-refractivity contribution in [3.8, 4) is 11.3 Å². The van der Waals surface area contributed by atoms with Crippen molar-refractivity contribution in [2.45, 2.75) is 32.4 Å². The highest BCUT2D eigenvalue weighted by molar-refractivity contribution is 5.95. The third kappa shape index (κ3) is 6.15. The maximum atomic E-state index is 13.0. The molecule has 0 radical (unpaired) electrons. The lowest BCUT2D eigenvalue weighted by atomic mass is 10.0. The van der Waals surface area contributed by atoms with E-state index in [9.17, 15) is 4.79 Å². The Balaban J connectivity index is 1.19. The molecule has 36 heavy (non-hydrogen) atoms. The van der Waals surface area contributed by atoms with Crippen molar-refractivity contribution in [3.05, 3.63) is 108 Å². The molecule has 1 aromatic heterocycles. The second kappa shape index (κ2) is 11.1. The lowest BCUT2D eigenvalue weighted by Gasteiger charge is -2.32. The van der Waals surface area contributed by atoms with E-state index in [-0.39, 0.29) is 11.9 Å². The number of aryl methyl sites for hydroxylation is 1. The Morgan fingerprint density at radius 3 is 2.36 bits per heavy atom. The number of anilines is 2. The van der Waals surface area contributed by atoms with Gasteiger partial charge in [-0.2, -0.15) is 0 Å². The van der Waals surface area contributed by atoms with Crippen LogP contribution in [0.25, 0.3) is 11.3 Å². The Morgan fingerprint density at radius 2 is 1.61 bits per heavy atom. The van der Waals surface area contributed by atoms with Gasteiger partial charge in [0, 0.05) is 48.6 Å². The summed E-state index contributed by atoms with van der Waals surface area (Å²) >= 11 is 0. The van der Waals surface area contributed by atoms with Crippen molar-refractivity contribution in [2.24, 2.45) is 0 Å². The maximum Gasteiger partial charge on any atom is 0.251 e. The van der Waals surface area contributed by atoms with Gasteiger partial charge in [0.05, 0.1) is 5.69 Å². The topological polar surface area (TPSA) is 70.2 Å². The first-order chi connectivity index (χ1) is 17.6. The minimum absolute atomic E-state index is 0.0380. The van der Waals surface area contributed by atoms with Crippen LogP contribution >= 0.6 is 0 Å². The molecule has 1 saturated heterocycles. The average molecular weight is 478 g/mol. The largest absolute Gasteiger partial charge is 0.349 e. The molecule has 5 rings (SSSR count). The van der Waals surface area contributed by atoms with Gasteiger partial charge in [0.2, 0.25) is 0 Å². The Bertz CT molecular complexity index is 1300. The number of hydrogen-bond donors (Lipinski definition) is 2. The SMILES string of the molecule is Cc1nc(Nc2cccc(C(=O)NC3CCN(Cc4ccccc4)CC3)c2)cc(-c2ccccc2)n1. The fourth-order valence-corrected chi connectivity index (χ4v) is 4.62. The number of amides is 1. The molecule has 1 fully saturated rings. The van der Waals surface area contributed by atoms with Gasteiger partial charge in [-0.05, 0) is 43.5 Å². The number of nitrogens with zero attached hydrogens (tertiary/aromatic N) is 3. The van der Waals surface area contributed by atoms with Crippen LogP contribution in [-0.4, -0.2) is 39.9 Å². The normalized spacial score (nSPS) is 14.4. The van der Waals surface area contributed by atoms with Crippen LogP contribution < -0.4 is 10.6 Å². The van der Waals surface area contributed by atoms with Crippen LogP contribution in [-0.2, 0) is 6.54 Å². The van der Waals surface area contributed by atoms with Crippen LogP contribution in [0.15, 0.2) is 91.0 Å². The van der Waals surface area contributed by atoms with E-state index in [0.29, 0.717) is 17.2 Å². The second-order valence-electron chi connectivity index (χ2n) is 9.27. The quantitative estimate of drug-likeness (QED) is 0.363. The molecule has 0 spiro atoms. The predicted molar refractivity (Wildman–Crippen MR) is 144 cm³/mol. The first-order valence-corrected chi connectivity index (χ1v) is 12.5. The number of hydrogen-bond acceptors (Lipinski definition) is 5. The zero-order chi connectivity index (χ0) is 24.7. The predicted octanol–water partition coefficient (Wildman–Crippen LogP) is 5.59. The van der Waals surface area contributed by atoms with Gasteiger partial charge in [-0.25, -0.2) is 9.97 Å². The van der Waals surface area contributed by atoms with Gasteiger partial charge < -0.3 is 10.6 Å². The number of carbonyl (C=O) groups is 1. The summed E-state index contributed by atoms with van der Waals surface area (Å²) in [4.78, 5) is 24.6. The lowest BCUT2D eigenvalue weighted by Crippen LogP contribution is -2.44. The Hall–Kier alpha value is -4.03.